The summed E-state index contributed by atoms with van der Waals surface area (Å²) in [5.74, 6) is 0.668. The second kappa shape index (κ2) is 13.6. The molecule has 4 rings (SSSR count). The number of methoxy groups -OCH3 is 1. The summed E-state index contributed by atoms with van der Waals surface area (Å²) >= 11 is 0. The molecule has 0 aliphatic carbocycles. The molecule has 11 heteroatoms. The number of carbonyl (C=O) groups excluding carboxylic acids is 2. The molecule has 0 aromatic heterocycles. The maximum Gasteiger partial charge on any atom is 0.407 e. The van der Waals surface area contributed by atoms with Gasteiger partial charge in [-0.05, 0) is 55.0 Å². The fourth-order valence-corrected chi connectivity index (χ4v) is 6.66. The standard InChI is InChI=1S/C29H38N2O8S/c1-20(2)17-31(40(34,35)25-10-8-24(36-3)9-11-25)14-12-23(16-21-4-6-22(18-32)7-5-21)30-29(33)39-27-19-38-28-26(27)13-15-37-28/h4-11,18,20,23,26-28H,12-17,19H2,1-3H3,(H,30,33)/t23-,26+,27+,28-/m1/s1. The predicted octanol–water partition coefficient (Wildman–Crippen LogP) is 3.64. The number of nitrogens with zero attached hydrogens (tertiary/aromatic N) is 1. The topological polar surface area (TPSA) is 120 Å². The monoisotopic (exact) mass is 574 g/mol. The van der Waals surface area contributed by atoms with E-state index >= 15 is 0 Å². The maximum atomic E-state index is 13.6. The van der Waals surface area contributed by atoms with Crippen molar-refractivity contribution in [3.05, 3.63) is 59.7 Å². The number of amides is 1. The summed E-state index contributed by atoms with van der Waals surface area (Å²) in [5.41, 5.74) is 1.45. The van der Waals surface area contributed by atoms with Gasteiger partial charge >= 0.3 is 6.09 Å². The van der Waals surface area contributed by atoms with E-state index in [1.54, 1.807) is 24.3 Å². The number of aldehydes is 1. The smallest absolute Gasteiger partial charge is 0.407 e. The van der Waals surface area contributed by atoms with Crippen molar-refractivity contribution < 1.29 is 37.0 Å². The molecular weight excluding hydrogens is 536 g/mol. The van der Waals surface area contributed by atoms with E-state index in [2.05, 4.69) is 5.32 Å². The Hall–Kier alpha value is -2.99. The van der Waals surface area contributed by atoms with Gasteiger partial charge in [0.15, 0.2) is 6.29 Å². The van der Waals surface area contributed by atoms with Gasteiger partial charge in [-0.3, -0.25) is 4.79 Å². The van der Waals surface area contributed by atoms with E-state index in [0.717, 1.165) is 18.3 Å². The Bertz CT molecular complexity index is 1230. The van der Waals surface area contributed by atoms with Gasteiger partial charge in [0.2, 0.25) is 10.0 Å². The quantitative estimate of drug-likeness (QED) is 0.360. The van der Waals surface area contributed by atoms with Crippen molar-refractivity contribution in [2.45, 2.75) is 56.4 Å². The molecule has 2 saturated heterocycles. The largest absolute Gasteiger partial charge is 0.497 e. The van der Waals surface area contributed by atoms with Gasteiger partial charge in [-0.1, -0.05) is 38.1 Å². The molecule has 2 aromatic rings. The van der Waals surface area contributed by atoms with Gasteiger partial charge in [-0.2, -0.15) is 4.31 Å². The zero-order chi connectivity index (χ0) is 28.7. The molecule has 2 fully saturated rings. The normalized spacial score (nSPS) is 21.3. The Kier molecular flexibility index (Phi) is 10.2. The minimum absolute atomic E-state index is 0.0104. The molecule has 2 heterocycles. The highest BCUT2D eigenvalue weighted by molar-refractivity contribution is 7.89. The lowest BCUT2D eigenvalue weighted by atomic mass is 10.0. The van der Waals surface area contributed by atoms with E-state index in [1.807, 2.05) is 26.0 Å². The number of fused-ring (bicyclic) bond motifs is 1. The van der Waals surface area contributed by atoms with Gasteiger partial charge < -0.3 is 24.3 Å². The number of sulfonamides is 1. The van der Waals surface area contributed by atoms with Crippen LogP contribution in [0.25, 0.3) is 0 Å². The SMILES string of the molecule is COc1ccc(S(=O)(=O)N(CC[C@H](Cc2ccc(C=O)cc2)NC(=O)O[C@H]2CO[C@H]3OCC[C@H]32)CC(C)C)cc1. The predicted molar refractivity (Wildman–Crippen MR) is 148 cm³/mol. The molecule has 2 aromatic carbocycles. The Morgan fingerprint density at radius 2 is 1.85 bits per heavy atom. The first kappa shape index (κ1) is 30.0. The first-order valence-electron chi connectivity index (χ1n) is 13.6. The van der Waals surface area contributed by atoms with Gasteiger partial charge in [0.25, 0.3) is 0 Å². The Labute approximate surface area is 236 Å². The lowest BCUT2D eigenvalue weighted by Crippen LogP contribution is -2.43. The van der Waals surface area contributed by atoms with Crippen LogP contribution in [0.2, 0.25) is 0 Å². The first-order chi connectivity index (χ1) is 19.2. The summed E-state index contributed by atoms with van der Waals surface area (Å²) < 4.78 is 50.6. The van der Waals surface area contributed by atoms with Gasteiger partial charge in [0.1, 0.15) is 18.1 Å². The van der Waals surface area contributed by atoms with E-state index in [9.17, 15) is 18.0 Å². The average Bonchev–Trinajstić information content (AvgIpc) is 3.56. The highest BCUT2D eigenvalue weighted by atomic mass is 32.2. The van der Waals surface area contributed by atoms with Crippen molar-refractivity contribution in [1.29, 1.82) is 0 Å². The van der Waals surface area contributed by atoms with Crippen LogP contribution in [-0.4, -0.2) is 77.0 Å². The van der Waals surface area contributed by atoms with Crippen LogP contribution < -0.4 is 10.1 Å². The summed E-state index contributed by atoms with van der Waals surface area (Å²) in [4.78, 5) is 24.2. The Morgan fingerprint density at radius 1 is 1.12 bits per heavy atom. The van der Waals surface area contributed by atoms with E-state index in [1.165, 1.54) is 23.5 Å². The molecule has 0 unspecified atom stereocenters. The molecular formula is C29H38N2O8S. The van der Waals surface area contributed by atoms with E-state index in [-0.39, 0.29) is 36.2 Å². The number of ether oxygens (including phenoxy) is 4. The second-order valence-electron chi connectivity index (χ2n) is 10.6. The summed E-state index contributed by atoms with van der Waals surface area (Å²) in [7, 11) is -2.26. The van der Waals surface area contributed by atoms with E-state index < -0.39 is 28.3 Å². The highest BCUT2D eigenvalue weighted by Crippen LogP contribution is 2.33. The van der Waals surface area contributed by atoms with Crippen LogP contribution in [0.1, 0.15) is 42.6 Å². The number of nitrogens with one attached hydrogen (secondary N) is 1. The van der Waals surface area contributed by atoms with Gasteiger partial charge in [-0.15, -0.1) is 0 Å². The summed E-state index contributed by atoms with van der Waals surface area (Å²) in [6.45, 7) is 5.29. The van der Waals surface area contributed by atoms with Crippen molar-refractivity contribution in [2.24, 2.45) is 11.8 Å². The summed E-state index contributed by atoms with van der Waals surface area (Å²) in [6, 6.07) is 13.0. The number of hydrogen-bond donors (Lipinski definition) is 1. The zero-order valence-corrected chi connectivity index (χ0v) is 24.0. The number of benzene rings is 2. The number of carbonyl (C=O) groups is 2. The van der Waals surface area contributed by atoms with Crippen molar-refractivity contribution in [2.75, 3.05) is 33.4 Å². The number of alkyl carbamates (subject to hydrolysis) is 1. The Morgan fingerprint density at radius 3 is 2.50 bits per heavy atom. The molecule has 2 aliphatic rings. The fourth-order valence-electron chi connectivity index (χ4n) is 5.04. The van der Waals surface area contributed by atoms with Crippen molar-refractivity contribution in [1.82, 2.24) is 9.62 Å². The minimum Gasteiger partial charge on any atom is -0.497 e. The molecule has 0 bridgehead atoms. The maximum absolute atomic E-state index is 13.6. The Balaban J connectivity index is 1.48. The molecule has 1 amide bonds. The molecule has 0 spiro atoms. The number of hydrogen-bond acceptors (Lipinski definition) is 8. The average molecular weight is 575 g/mol. The molecule has 10 nitrogen and oxygen atoms in total. The third-order valence-electron chi connectivity index (χ3n) is 7.16. The number of rotatable bonds is 13. The fraction of sp³-hybridized carbons (Fsp3) is 0.517. The minimum atomic E-state index is -3.79. The van der Waals surface area contributed by atoms with Gasteiger partial charge in [0.05, 0.1) is 31.1 Å². The zero-order valence-electron chi connectivity index (χ0n) is 23.2. The first-order valence-corrected chi connectivity index (χ1v) is 15.0. The summed E-state index contributed by atoms with van der Waals surface area (Å²) in [6.07, 6.45) is 1.01. The molecule has 1 N–H and O–H groups in total. The third-order valence-corrected chi connectivity index (χ3v) is 9.04. The molecule has 40 heavy (non-hydrogen) atoms. The molecule has 4 atom stereocenters. The van der Waals surface area contributed by atoms with Gasteiger partial charge in [0, 0.05) is 24.7 Å². The van der Waals surface area contributed by atoms with Crippen LogP contribution in [0.4, 0.5) is 4.79 Å². The van der Waals surface area contributed by atoms with Crippen LogP contribution >= 0.6 is 0 Å². The molecule has 2 aliphatic heterocycles. The van der Waals surface area contributed by atoms with Crippen LogP contribution in [-0.2, 0) is 30.7 Å². The van der Waals surface area contributed by atoms with Crippen LogP contribution in [0.5, 0.6) is 5.75 Å². The summed E-state index contributed by atoms with van der Waals surface area (Å²) in [5, 5.41) is 2.95. The molecule has 0 radical (unpaired) electrons. The van der Waals surface area contributed by atoms with Gasteiger partial charge in [-0.25, -0.2) is 13.2 Å². The van der Waals surface area contributed by atoms with Crippen molar-refractivity contribution >= 4 is 22.4 Å². The highest BCUT2D eigenvalue weighted by Gasteiger charge is 2.44. The lowest BCUT2D eigenvalue weighted by Gasteiger charge is -2.27. The lowest BCUT2D eigenvalue weighted by molar-refractivity contribution is -0.0907. The van der Waals surface area contributed by atoms with E-state index in [4.69, 9.17) is 18.9 Å². The van der Waals surface area contributed by atoms with Crippen LogP contribution in [0.15, 0.2) is 53.4 Å². The van der Waals surface area contributed by atoms with Crippen LogP contribution in [0, 0.1) is 11.8 Å². The van der Waals surface area contributed by atoms with E-state index in [0.29, 0.717) is 37.3 Å². The molecule has 0 saturated carbocycles. The molecule has 218 valence electrons. The van der Waals surface area contributed by atoms with Crippen LogP contribution in [0.3, 0.4) is 0 Å². The van der Waals surface area contributed by atoms with Crippen molar-refractivity contribution in [3.8, 4) is 5.75 Å². The third kappa shape index (κ3) is 7.60. The second-order valence-corrected chi connectivity index (χ2v) is 12.5. The van der Waals surface area contributed by atoms with Crippen molar-refractivity contribution in [3.63, 3.8) is 0 Å².